The summed E-state index contributed by atoms with van der Waals surface area (Å²) in [6.07, 6.45) is 15.5. The number of piperidine rings is 1. The average Bonchev–Trinajstić information content (AvgIpc) is 3.29. The maximum Gasteiger partial charge on any atom is 0.246 e. The van der Waals surface area contributed by atoms with Gasteiger partial charge in [0.2, 0.25) is 5.91 Å². The quantitative estimate of drug-likeness (QED) is 0.161. The number of aromatic hydroxyl groups is 1. The Morgan fingerprint density at radius 1 is 0.934 bits per heavy atom. The number of hydrogen-bond donors (Lipinski definition) is 2. The van der Waals surface area contributed by atoms with Gasteiger partial charge in [0.1, 0.15) is 40.1 Å². The second-order valence-electron chi connectivity index (χ2n) is 19.0. The Bertz CT molecular complexity index is 2140. The monoisotopic (exact) mass is 833 g/mol. The summed E-state index contributed by atoms with van der Waals surface area (Å²) < 4.78 is 20.7. The van der Waals surface area contributed by atoms with Gasteiger partial charge in [0.15, 0.2) is 11.6 Å². The van der Waals surface area contributed by atoms with Crippen LogP contribution in [-0.2, 0) is 27.3 Å². The molecule has 61 heavy (non-hydrogen) atoms. The van der Waals surface area contributed by atoms with Crippen LogP contribution in [0.3, 0.4) is 0 Å². The molecule has 328 valence electrons. The Labute approximate surface area is 364 Å². The fraction of sp³-hybridized carbons (Fsp3) is 0.519. The first kappa shape index (κ1) is 45.8. The topological polar surface area (TPSA) is 114 Å². The SMILES string of the molecule is C/C=C1/C(=O)c2c(O)c3c(c(CC=C(C)C)c2OC1C1CCC(=O)C(C)(C/C=C(/C)C(=O)NC2CCN(Cc4ccccc4)CC2)OC1(C)C)OC(C)(CCC=C(C)C)C=C3. The zero-order valence-corrected chi connectivity index (χ0v) is 38.2. The molecule has 0 radical (unpaired) electrons. The largest absolute Gasteiger partial charge is 0.506 e. The van der Waals surface area contributed by atoms with Crippen molar-refractivity contribution in [1.29, 1.82) is 0 Å². The third-order valence-corrected chi connectivity index (χ3v) is 13.1. The molecule has 4 heterocycles. The van der Waals surface area contributed by atoms with Crippen LogP contribution < -0.4 is 14.8 Å². The van der Waals surface area contributed by atoms with E-state index in [1.54, 1.807) is 13.0 Å². The van der Waals surface area contributed by atoms with E-state index in [1.165, 1.54) is 11.1 Å². The molecule has 4 aliphatic rings. The summed E-state index contributed by atoms with van der Waals surface area (Å²) in [5.41, 5.74) is 3.12. The van der Waals surface area contributed by atoms with Gasteiger partial charge in [0.25, 0.3) is 0 Å². The fourth-order valence-corrected chi connectivity index (χ4v) is 9.34. The molecule has 0 bridgehead atoms. The Kier molecular flexibility index (Phi) is 14.0. The minimum absolute atomic E-state index is 0.0635. The highest BCUT2D eigenvalue weighted by atomic mass is 16.5. The summed E-state index contributed by atoms with van der Waals surface area (Å²) in [4.78, 5) is 44.5. The summed E-state index contributed by atoms with van der Waals surface area (Å²) in [5, 5.41) is 15.1. The molecule has 2 aromatic rings. The number of amides is 1. The number of hydrogen-bond acceptors (Lipinski definition) is 8. The lowest BCUT2D eigenvalue weighted by molar-refractivity contribution is -0.171. The molecular weight excluding hydrogens is 765 g/mol. The van der Waals surface area contributed by atoms with Gasteiger partial charge in [-0.05, 0) is 125 Å². The summed E-state index contributed by atoms with van der Waals surface area (Å²) >= 11 is 0. The number of phenols is 1. The van der Waals surface area contributed by atoms with E-state index in [4.69, 9.17) is 14.2 Å². The van der Waals surface area contributed by atoms with E-state index in [2.05, 4.69) is 60.5 Å². The molecule has 6 rings (SSSR count). The van der Waals surface area contributed by atoms with Gasteiger partial charge in [-0.3, -0.25) is 19.3 Å². The predicted octanol–water partition coefficient (Wildman–Crippen LogP) is 10.4. The predicted molar refractivity (Wildman–Crippen MR) is 243 cm³/mol. The van der Waals surface area contributed by atoms with Gasteiger partial charge in [0.05, 0.1) is 11.2 Å². The number of nitrogens with zero attached hydrogens (tertiary/aromatic N) is 1. The second kappa shape index (κ2) is 18.7. The van der Waals surface area contributed by atoms with Crippen molar-refractivity contribution in [2.24, 2.45) is 5.92 Å². The first-order valence-electron chi connectivity index (χ1n) is 22.3. The van der Waals surface area contributed by atoms with Crippen LogP contribution in [0.25, 0.3) is 6.08 Å². The van der Waals surface area contributed by atoms with E-state index in [0.717, 1.165) is 50.9 Å². The normalized spacial score (nSPS) is 26.1. The number of phenolic OH excluding ortho intramolecular Hbond substituents is 1. The maximum atomic E-state index is 14.6. The number of benzene rings is 2. The molecule has 2 saturated heterocycles. The minimum Gasteiger partial charge on any atom is -0.506 e. The van der Waals surface area contributed by atoms with E-state index in [1.807, 2.05) is 72.8 Å². The molecular formula is C52H68N2O7. The van der Waals surface area contributed by atoms with Crippen molar-refractivity contribution in [3.8, 4) is 17.2 Å². The fourth-order valence-electron chi connectivity index (χ4n) is 9.34. The molecule has 0 aliphatic carbocycles. The smallest absolute Gasteiger partial charge is 0.246 e. The van der Waals surface area contributed by atoms with E-state index in [9.17, 15) is 19.5 Å². The van der Waals surface area contributed by atoms with Gasteiger partial charge in [-0.25, -0.2) is 0 Å². The highest BCUT2D eigenvalue weighted by molar-refractivity contribution is 6.15. The lowest BCUT2D eigenvalue weighted by Crippen LogP contribution is -2.50. The molecule has 2 aromatic carbocycles. The number of nitrogens with one attached hydrogen (secondary N) is 1. The van der Waals surface area contributed by atoms with E-state index < -0.39 is 28.8 Å². The molecule has 0 aromatic heterocycles. The summed E-state index contributed by atoms with van der Waals surface area (Å²) in [6.45, 7) is 22.3. The van der Waals surface area contributed by atoms with E-state index in [0.29, 0.717) is 46.6 Å². The van der Waals surface area contributed by atoms with Crippen LogP contribution in [0.4, 0.5) is 0 Å². The number of carbonyl (C=O) groups excluding carboxylic acids is 3. The standard InChI is InChI=1S/C52H68N2O7/c1-11-38-44(56)43-45(57)39-24-28-51(9,27-15-16-33(2)3)60-46(39)40(20-19-34(4)5)48(43)59-47(38)41-21-22-42(55)52(10,61-50(41,7)8)29-23-35(6)49(58)53-37-25-30-54(31-26-37)32-36-17-13-12-14-18-36/h11-14,16-19,23-24,28,37,41,47,57H,15,20-22,25-27,29-32H2,1-10H3,(H,53,58)/b35-23-,38-11-. The van der Waals surface area contributed by atoms with Crippen molar-refractivity contribution in [2.75, 3.05) is 13.1 Å². The zero-order chi connectivity index (χ0) is 44.3. The first-order chi connectivity index (χ1) is 28.8. The molecule has 2 fully saturated rings. The molecule has 9 nitrogen and oxygen atoms in total. The van der Waals surface area contributed by atoms with Gasteiger partial charge in [-0.15, -0.1) is 0 Å². The third kappa shape index (κ3) is 10.3. The average molecular weight is 833 g/mol. The van der Waals surface area contributed by atoms with Crippen LogP contribution in [0, 0.1) is 5.92 Å². The minimum atomic E-state index is -1.21. The van der Waals surface area contributed by atoms with Crippen molar-refractivity contribution >= 4 is 23.5 Å². The molecule has 4 atom stereocenters. The molecule has 0 spiro atoms. The molecule has 4 unspecified atom stereocenters. The Morgan fingerprint density at radius 2 is 1.62 bits per heavy atom. The van der Waals surface area contributed by atoms with Crippen molar-refractivity contribution in [3.05, 3.63) is 105 Å². The molecule has 0 saturated carbocycles. The van der Waals surface area contributed by atoms with Gasteiger partial charge in [-0.2, -0.15) is 0 Å². The van der Waals surface area contributed by atoms with Crippen LogP contribution >= 0.6 is 0 Å². The van der Waals surface area contributed by atoms with E-state index >= 15 is 0 Å². The lowest BCUT2D eigenvalue weighted by atomic mass is 9.76. The van der Waals surface area contributed by atoms with Crippen LogP contribution in [-0.4, -0.2) is 69.5 Å². The first-order valence-corrected chi connectivity index (χ1v) is 22.3. The number of rotatable bonds is 12. The van der Waals surface area contributed by atoms with Crippen LogP contribution in [0.15, 0.2) is 83.0 Å². The highest BCUT2D eigenvalue weighted by Gasteiger charge is 2.52. The molecule has 2 N–H and O–H groups in total. The molecule has 9 heteroatoms. The van der Waals surface area contributed by atoms with Crippen molar-refractivity contribution in [3.63, 3.8) is 0 Å². The molecule has 1 amide bonds. The summed E-state index contributed by atoms with van der Waals surface area (Å²) in [6, 6.07) is 10.5. The van der Waals surface area contributed by atoms with Crippen LogP contribution in [0.1, 0.15) is 141 Å². The lowest BCUT2D eigenvalue weighted by Gasteiger charge is -2.44. The number of carbonyl (C=O) groups is 3. The Balaban J connectivity index is 1.21. The van der Waals surface area contributed by atoms with Crippen molar-refractivity contribution < 1.29 is 33.7 Å². The van der Waals surface area contributed by atoms with Gasteiger partial charge >= 0.3 is 0 Å². The van der Waals surface area contributed by atoms with Gasteiger partial charge < -0.3 is 24.6 Å². The number of likely N-dealkylation sites (tertiary alicyclic amines) is 1. The maximum absolute atomic E-state index is 14.6. The van der Waals surface area contributed by atoms with Gasteiger partial charge in [-0.1, -0.05) is 65.8 Å². The van der Waals surface area contributed by atoms with Crippen LogP contribution in [0.2, 0.25) is 0 Å². The third-order valence-electron chi connectivity index (χ3n) is 13.1. The Hall–Kier alpha value is -4.73. The number of fused-ring (bicyclic) bond motifs is 2. The number of ether oxygens (including phenoxy) is 3. The highest BCUT2D eigenvalue weighted by Crippen LogP contribution is 2.53. The Morgan fingerprint density at radius 3 is 2.28 bits per heavy atom. The zero-order valence-electron chi connectivity index (χ0n) is 38.2. The summed E-state index contributed by atoms with van der Waals surface area (Å²) in [7, 11) is 0. The van der Waals surface area contributed by atoms with Crippen molar-refractivity contribution in [2.45, 2.75) is 156 Å². The number of ketones is 2. The van der Waals surface area contributed by atoms with E-state index in [-0.39, 0.29) is 47.7 Å². The van der Waals surface area contributed by atoms with Crippen LogP contribution in [0.5, 0.6) is 17.2 Å². The molecule has 4 aliphatic heterocycles. The van der Waals surface area contributed by atoms with Gasteiger partial charge in [0, 0.05) is 61.1 Å². The number of Topliss-reactive ketones (excluding diaryl/α,β-unsaturated/α-hetero) is 2. The second-order valence-corrected chi connectivity index (χ2v) is 19.0. The number of allylic oxidation sites excluding steroid dienone is 5. The summed E-state index contributed by atoms with van der Waals surface area (Å²) in [5.74, 6) is -0.231. The van der Waals surface area contributed by atoms with Crippen molar-refractivity contribution in [1.82, 2.24) is 10.2 Å².